The quantitative estimate of drug-likeness (QED) is 0.578. The molecule has 1 aliphatic rings. The van der Waals surface area contributed by atoms with Gasteiger partial charge in [0.2, 0.25) is 0 Å². The molecule has 0 fully saturated rings. The Hall–Kier alpha value is -1.60. The van der Waals surface area contributed by atoms with Crippen molar-refractivity contribution in [2.45, 2.75) is 34.6 Å². The second-order valence-corrected chi connectivity index (χ2v) is 10.6. The molecule has 0 saturated carbocycles. The molecule has 0 radical (unpaired) electrons. The van der Waals surface area contributed by atoms with Gasteiger partial charge in [-0.05, 0) is 0 Å². The van der Waals surface area contributed by atoms with E-state index >= 15 is 0 Å². The third kappa shape index (κ3) is 3.67. The molecule has 3 heteroatoms. The van der Waals surface area contributed by atoms with Crippen LogP contribution < -0.4 is 5.63 Å². The second kappa shape index (κ2) is 7.34. The normalized spacial score (nSPS) is 16.2. The summed E-state index contributed by atoms with van der Waals surface area (Å²) in [4.78, 5) is 0. The van der Waals surface area contributed by atoms with Gasteiger partial charge in [0, 0.05) is 0 Å². The van der Waals surface area contributed by atoms with E-state index in [4.69, 9.17) is 5.63 Å². The predicted molar refractivity (Wildman–Crippen MR) is 99.0 cm³/mol. The number of para-hydroxylation sites is 2. The van der Waals surface area contributed by atoms with Crippen molar-refractivity contribution in [3.63, 3.8) is 0 Å². The van der Waals surface area contributed by atoms with Crippen LogP contribution in [0.1, 0.15) is 34.6 Å². The Balaban J connectivity index is 2.00. The summed E-state index contributed by atoms with van der Waals surface area (Å²) in [5.41, 5.74) is 4.15. The van der Waals surface area contributed by atoms with Crippen LogP contribution in [0, 0.1) is 5.41 Å². The van der Waals surface area contributed by atoms with Crippen molar-refractivity contribution < 1.29 is 28.3 Å². The maximum absolute atomic E-state index is 6.49. The van der Waals surface area contributed by atoms with E-state index in [-0.39, 0.29) is 5.41 Å². The Labute approximate surface area is 160 Å². The number of hydrogen-bond donors (Lipinski definition) is 0. The van der Waals surface area contributed by atoms with E-state index in [1.165, 1.54) is 20.0 Å². The molecule has 0 unspecified atom stereocenters. The molecule has 2 nitrogen and oxygen atoms in total. The average Bonchev–Trinajstić information content (AvgIpc) is 2.76. The molecule has 2 aromatic carbocycles. The topological polar surface area (TPSA) is 18.5 Å². The summed E-state index contributed by atoms with van der Waals surface area (Å²) in [6.45, 7) is 11.2. The molecule has 0 bridgehead atoms. The molecule has 0 N–H and O–H groups in total. The fraction of sp³-hybridized carbons (Fsp3) is 0.273. The third-order valence-electron chi connectivity index (χ3n) is 5.17. The number of benzene rings is 2. The first kappa shape index (κ1) is 18.2. The van der Waals surface area contributed by atoms with Crippen LogP contribution in [0.3, 0.4) is 0 Å². The summed E-state index contributed by atoms with van der Waals surface area (Å²) in [5, 5.41) is 0. The van der Waals surface area contributed by atoms with E-state index in [0.717, 1.165) is 11.5 Å². The second-order valence-electron chi connectivity index (χ2n) is 6.99. The summed E-state index contributed by atoms with van der Waals surface area (Å²) in [6.07, 6.45) is 0. The van der Waals surface area contributed by atoms with Crippen molar-refractivity contribution in [2.75, 3.05) is 0 Å². The summed E-state index contributed by atoms with van der Waals surface area (Å²) in [7, 11) is 0. The first-order valence-electron chi connectivity index (χ1n) is 8.64. The van der Waals surface area contributed by atoms with Crippen LogP contribution in [-0.4, -0.2) is 0 Å². The molecule has 0 saturated heterocycles. The molecule has 0 amide bonds. The van der Waals surface area contributed by atoms with Gasteiger partial charge in [-0.2, -0.15) is 0 Å². The number of rotatable bonds is 5. The van der Waals surface area contributed by atoms with E-state index in [2.05, 4.69) is 34.6 Å². The monoisotopic (exact) mass is 411 g/mol. The number of allylic oxidation sites excluding steroid dienone is 4. The summed E-state index contributed by atoms with van der Waals surface area (Å²) < 4.78 is 14.4. The number of hydrogen-bond acceptors (Lipinski definition) is 2. The van der Waals surface area contributed by atoms with Gasteiger partial charge in [-0.1, -0.05) is 0 Å². The van der Waals surface area contributed by atoms with Gasteiger partial charge in [-0.25, -0.2) is 0 Å². The standard InChI is InChI=1S/C10H15.2C6H6O.Zr/c1-7-6-10(4,5)9(3)8(7)2;2*7-6-4-2-1-3-5-6;/h1-5H3;2*1-5,7H;/q;;;+2/p-2. The van der Waals surface area contributed by atoms with Crippen LogP contribution in [-0.2, 0) is 22.6 Å². The molecule has 0 atom stereocenters. The minimum absolute atomic E-state index is 0.00744. The Morgan fingerprint density at radius 1 is 0.680 bits per heavy atom. The van der Waals surface area contributed by atoms with Gasteiger partial charge in [0.15, 0.2) is 0 Å². The molecule has 0 aromatic heterocycles. The molecule has 129 valence electrons. The van der Waals surface area contributed by atoms with Crippen LogP contribution in [0.25, 0.3) is 0 Å². The molecule has 3 rings (SSSR count). The molecule has 2 aromatic rings. The zero-order valence-electron chi connectivity index (χ0n) is 15.6. The van der Waals surface area contributed by atoms with Crippen molar-refractivity contribution in [1.29, 1.82) is 0 Å². The van der Waals surface area contributed by atoms with Gasteiger partial charge < -0.3 is 0 Å². The van der Waals surface area contributed by atoms with Crippen LogP contribution in [0.15, 0.2) is 80.7 Å². The molecular weight excluding hydrogens is 387 g/mol. The Bertz CT molecular complexity index is 763. The van der Waals surface area contributed by atoms with Crippen molar-refractivity contribution in [3.05, 3.63) is 80.7 Å². The predicted octanol–water partition coefficient (Wildman–Crippen LogP) is 6.24. The zero-order chi connectivity index (χ0) is 18.0. The Morgan fingerprint density at radius 3 is 1.48 bits per heavy atom. The first-order valence-corrected chi connectivity index (χ1v) is 11.9. The Kier molecular flexibility index (Phi) is 5.34. The van der Waals surface area contributed by atoms with E-state index in [9.17, 15) is 0 Å². The summed E-state index contributed by atoms with van der Waals surface area (Å²) in [5.74, 6) is 1.79. The van der Waals surface area contributed by atoms with Gasteiger partial charge >= 0.3 is 160 Å². The van der Waals surface area contributed by atoms with Crippen LogP contribution in [0.5, 0.6) is 11.5 Å². The molecule has 25 heavy (non-hydrogen) atoms. The van der Waals surface area contributed by atoms with Gasteiger partial charge in [0.25, 0.3) is 0 Å². The van der Waals surface area contributed by atoms with E-state index in [0.29, 0.717) is 0 Å². The summed E-state index contributed by atoms with van der Waals surface area (Å²) in [6, 6.07) is 20.1. The van der Waals surface area contributed by atoms with E-state index in [1.54, 1.807) is 0 Å². The fourth-order valence-electron chi connectivity index (χ4n) is 3.32. The van der Waals surface area contributed by atoms with Crippen molar-refractivity contribution in [1.82, 2.24) is 0 Å². The van der Waals surface area contributed by atoms with Gasteiger partial charge in [-0.3, -0.25) is 0 Å². The maximum atomic E-state index is 6.49. The van der Waals surface area contributed by atoms with Crippen molar-refractivity contribution in [2.24, 2.45) is 5.41 Å². The molecule has 0 heterocycles. The third-order valence-corrected chi connectivity index (χ3v) is 10.7. The van der Waals surface area contributed by atoms with E-state index < -0.39 is 22.6 Å². The van der Waals surface area contributed by atoms with E-state index in [1.807, 2.05) is 60.7 Å². The minimum atomic E-state index is -2.87. The van der Waals surface area contributed by atoms with Crippen LogP contribution in [0.4, 0.5) is 0 Å². The van der Waals surface area contributed by atoms with Crippen LogP contribution in [0.2, 0.25) is 0 Å². The average molecular weight is 413 g/mol. The van der Waals surface area contributed by atoms with Gasteiger partial charge in [0.05, 0.1) is 0 Å². The molecular formula is C22H25O2Zr. The summed E-state index contributed by atoms with van der Waals surface area (Å²) >= 11 is -2.87. The van der Waals surface area contributed by atoms with Crippen LogP contribution >= 0.6 is 0 Å². The molecule has 0 spiro atoms. The molecule has 0 aliphatic heterocycles. The van der Waals surface area contributed by atoms with Crippen molar-refractivity contribution >= 4 is 0 Å². The van der Waals surface area contributed by atoms with Gasteiger partial charge in [-0.15, -0.1) is 0 Å². The zero-order valence-corrected chi connectivity index (χ0v) is 18.0. The SMILES string of the molecule is CC1=C(C)C(C)(C)[C]([Zr]([O]c2ccccc2)[O]c2ccccc2)=C1C. The first-order chi connectivity index (χ1) is 11.9. The fourth-order valence-corrected chi connectivity index (χ4v) is 8.57. The Morgan fingerprint density at radius 2 is 1.12 bits per heavy atom. The molecule has 1 aliphatic carbocycles. The van der Waals surface area contributed by atoms with Gasteiger partial charge in [0.1, 0.15) is 0 Å². The van der Waals surface area contributed by atoms with Crippen molar-refractivity contribution in [3.8, 4) is 11.5 Å².